The van der Waals surface area contributed by atoms with Gasteiger partial charge in [0.05, 0.1) is 15.9 Å². The predicted octanol–water partition coefficient (Wildman–Crippen LogP) is 2.72. The zero-order valence-electron chi connectivity index (χ0n) is 16.1. The van der Waals surface area contributed by atoms with Crippen molar-refractivity contribution in [2.45, 2.75) is 6.54 Å². The summed E-state index contributed by atoms with van der Waals surface area (Å²) in [6.07, 6.45) is 5.15. The minimum atomic E-state index is -0.0509. The molecule has 0 spiro atoms. The van der Waals surface area contributed by atoms with Gasteiger partial charge in [-0.05, 0) is 18.2 Å². The van der Waals surface area contributed by atoms with Gasteiger partial charge < -0.3 is 4.90 Å². The third-order valence-corrected chi connectivity index (χ3v) is 6.86. The smallest absolute Gasteiger partial charge is 0.258 e. The third-order valence-electron chi connectivity index (χ3n) is 5.10. The number of aromatic nitrogens is 3. The molecular formula is C21H19N5O2S2. The molecule has 0 saturated carbocycles. The summed E-state index contributed by atoms with van der Waals surface area (Å²) in [5.74, 6) is 0.00489. The summed E-state index contributed by atoms with van der Waals surface area (Å²) in [5.41, 5.74) is 1.68. The van der Waals surface area contributed by atoms with E-state index in [0.29, 0.717) is 24.6 Å². The van der Waals surface area contributed by atoms with E-state index in [1.165, 1.54) is 11.3 Å². The van der Waals surface area contributed by atoms with E-state index in [1.807, 2.05) is 34.5 Å². The van der Waals surface area contributed by atoms with Crippen LogP contribution in [0, 0.1) is 0 Å². The Balaban J connectivity index is 1.18. The molecule has 4 aromatic rings. The van der Waals surface area contributed by atoms with E-state index in [4.69, 9.17) is 0 Å². The number of piperazine rings is 1. The Morgan fingerprint density at radius 1 is 1.13 bits per heavy atom. The van der Waals surface area contributed by atoms with Gasteiger partial charge in [0.1, 0.15) is 5.01 Å². The Bertz CT molecular complexity index is 1260. The fraction of sp³-hybridized carbons (Fsp3) is 0.238. The summed E-state index contributed by atoms with van der Waals surface area (Å²) in [6, 6.07) is 9.56. The lowest BCUT2D eigenvalue weighted by Crippen LogP contribution is -2.48. The zero-order valence-corrected chi connectivity index (χ0v) is 17.7. The number of amides is 1. The van der Waals surface area contributed by atoms with E-state index in [-0.39, 0.29) is 11.5 Å². The second-order valence-corrected chi connectivity index (χ2v) is 9.03. The molecule has 1 saturated heterocycles. The first-order valence-corrected chi connectivity index (χ1v) is 11.4. The first-order chi connectivity index (χ1) is 14.7. The molecule has 1 aromatic carbocycles. The highest BCUT2D eigenvalue weighted by atomic mass is 32.1. The molecule has 152 valence electrons. The van der Waals surface area contributed by atoms with Crippen LogP contribution in [0.4, 0.5) is 0 Å². The molecule has 0 atom stereocenters. The van der Waals surface area contributed by atoms with Crippen molar-refractivity contribution in [1.29, 1.82) is 0 Å². The van der Waals surface area contributed by atoms with Gasteiger partial charge in [-0.2, -0.15) is 0 Å². The van der Waals surface area contributed by atoms with Crippen molar-refractivity contribution in [3.8, 4) is 0 Å². The predicted molar refractivity (Wildman–Crippen MR) is 120 cm³/mol. The third kappa shape index (κ3) is 3.91. The van der Waals surface area contributed by atoms with Crippen LogP contribution in [-0.2, 0) is 11.3 Å². The Morgan fingerprint density at radius 3 is 2.80 bits per heavy atom. The van der Waals surface area contributed by atoms with Gasteiger partial charge in [0.2, 0.25) is 5.91 Å². The van der Waals surface area contributed by atoms with Crippen LogP contribution in [0.3, 0.4) is 0 Å². The number of fused-ring (bicyclic) bond motifs is 2. The largest absolute Gasteiger partial charge is 0.337 e. The van der Waals surface area contributed by atoms with Crippen LogP contribution in [0.5, 0.6) is 0 Å². The SMILES string of the molecule is O=C(C=Cc1nc2ccccc2s1)N1CCN(Cc2cc(=O)n3ccsc3n2)CC1. The van der Waals surface area contributed by atoms with Crippen LogP contribution in [0.15, 0.2) is 52.8 Å². The van der Waals surface area contributed by atoms with Gasteiger partial charge in [0.25, 0.3) is 5.56 Å². The molecule has 7 nitrogen and oxygen atoms in total. The Hall–Kier alpha value is -2.88. The number of thiazole rings is 2. The van der Waals surface area contributed by atoms with E-state index in [0.717, 1.165) is 34.0 Å². The molecule has 9 heteroatoms. The van der Waals surface area contributed by atoms with Gasteiger partial charge in [0.15, 0.2) is 4.96 Å². The van der Waals surface area contributed by atoms with Crippen molar-refractivity contribution in [2.24, 2.45) is 0 Å². The van der Waals surface area contributed by atoms with Crippen LogP contribution in [0.25, 0.3) is 21.3 Å². The molecule has 3 aromatic heterocycles. The Labute approximate surface area is 180 Å². The first kappa shape index (κ1) is 19.1. The normalized spacial score (nSPS) is 15.5. The van der Waals surface area contributed by atoms with Crippen LogP contribution < -0.4 is 5.56 Å². The number of hydrogen-bond donors (Lipinski definition) is 0. The number of hydrogen-bond acceptors (Lipinski definition) is 7. The summed E-state index contributed by atoms with van der Waals surface area (Å²) in [5, 5.41) is 2.70. The lowest BCUT2D eigenvalue weighted by atomic mass is 10.2. The summed E-state index contributed by atoms with van der Waals surface area (Å²) < 4.78 is 2.68. The van der Waals surface area contributed by atoms with Crippen molar-refractivity contribution >= 4 is 49.8 Å². The molecule has 0 unspecified atom stereocenters. The average Bonchev–Trinajstić information content (AvgIpc) is 3.39. The Morgan fingerprint density at radius 2 is 1.97 bits per heavy atom. The van der Waals surface area contributed by atoms with Crippen molar-refractivity contribution in [3.05, 3.63) is 69.0 Å². The van der Waals surface area contributed by atoms with E-state index >= 15 is 0 Å². The molecule has 0 bridgehead atoms. The van der Waals surface area contributed by atoms with E-state index in [2.05, 4.69) is 14.9 Å². The molecule has 1 aliphatic heterocycles. The van der Waals surface area contributed by atoms with Crippen molar-refractivity contribution in [2.75, 3.05) is 26.2 Å². The molecule has 0 aliphatic carbocycles. The second-order valence-electron chi connectivity index (χ2n) is 7.10. The van der Waals surface area contributed by atoms with Gasteiger partial charge in [-0.25, -0.2) is 9.97 Å². The monoisotopic (exact) mass is 437 g/mol. The van der Waals surface area contributed by atoms with E-state index < -0.39 is 0 Å². The number of rotatable bonds is 4. The molecule has 1 aliphatic rings. The zero-order chi connectivity index (χ0) is 20.5. The van der Waals surface area contributed by atoms with Crippen LogP contribution >= 0.6 is 22.7 Å². The molecule has 4 heterocycles. The fourth-order valence-corrected chi connectivity index (χ4v) is 5.14. The number of para-hydroxylation sites is 1. The highest BCUT2D eigenvalue weighted by Crippen LogP contribution is 2.22. The van der Waals surface area contributed by atoms with E-state index in [1.54, 1.807) is 40.2 Å². The molecular weight excluding hydrogens is 418 g/mol. The van der Waals surface area contributed by atoms with Crippen molar-refractivity contribution < 1.29 is 4.79 Å². The highest BCUT2D eigenvalue weighted by Gasteiger charge is 2.20. The molecule has 0 N–H and O–H groups in total. The summed E-state index contributed by atoms with van der Waals surface area (Å²) in [6.45, 7) is 3.44. The standard InChI is InChI=1S/C21H19N5O2S2/c27-19(6-5-18-23-16-3-1-2-4-17(16)30-18)25-9-7-24(8-10-25)14-15-13-20(28)26-11-12-29-21(26)22-15/h1-6,11-13H,7-10,14H2. The average molecular weight is 438 g/mol. The number of carbonyl (C=O) groups is 1. The maximum atomic E-state index is 12.6. The summed E-state index contributed by atoms with van der Waals surface area (Å²) in [7, 11) is 0. The molecule has 1 fully saturated rings. The van der Waals surface area contributed by atoms with E-state index in [9.17, 15) is 9.59 Å². The van der Waals surface area contributed by atoms with Gasteiger partial charge >= 0.3 is 0 Å². The maximum absolute atomic E-state index is 12.6. The Kier molecular flexibility index (Phi) is 5.16. The lowest BCUT2D eigenvalue weighted by Gasteiger charge is -2.33. The van der Waals surface area contributed by atoms with Gasteiger partial charge in [-0.3, -0.25) is 18.9 Å². The summed E-state index contributed by atoms with van der Waals surface area (Å²) in [4.78, 5) is 38.6. The second kappa shape index (κ2) is 8.10. The van der Waals surface area contributed by atoms with Gasteiger partial charge in [0, 0.05) is 56.4 Å². The van der Waals surface area contributed by atoms with Gasteiger partial charge in [-0.1, -0.05) is 12.1 Å². The highest BCUT2D eigenvalue weighted by molar-refractivity contribution is 7.19. The minimum Gasteiger partial charge on any atom is -0.337 e. The van der Waals surface area contributed by atoms with Crippen LogP contribution in [-0.4, -0.2) is 56.3 Å². The molecule has 30 heavy (non-hydrogen) atoms. The first-order valence-electron chi connectivity index (χ1n) is 9.66. The van der Waals surface area contributed by atoms with Crippen molar-refractivity contribution in [3.63, 3.8) is 0 Å². The van der Waals surface area contributed by atoms with Crippen molar-refractivity contribution in [1.82, 2.24) is 24.2 Å². The van der Waals surface area contributed by atoms with Crippen LogP contribution in [0.2, 0.25) is 0 Å². The quantitative estimate of drug-likeness (QED) is 0.459. The van der Waals surface area contributed by atoms with Crippen LogP contribution in [0.1, 0.15) is 10.7 Å². The minimum absolute atomic E-state index is 0.00489. The number of carbonyl (C=O) groups excluding carboxylic acids is 1. The molecule has 5 rings (SSSR count). The topological polar surface area (TPSA) is 70.8 Å². The fourth-order valence-electron chi connectivity index (χ4n) is 3.53. The van der Waals surface area contributed by atoms with Gasteiger partial charge in [-0.15, -0.1) is 22.7 Å². The number of nitrogens with zero attached hydrogens (tertiary/aromatic N) is 5. The molecule has 1 amide bonds. The lowest BCUT2D eigenvalue weighted by molar-refractivity contribution is -0.127. The number of benzene rings is 1. The maximum Gasteiger partial charge on any atom is 0.258 e. The summed E-state index contributed by atoms with van der Waals surface area (Å²) >= 11 is 3.04. The molecule has 0 radical (unpaired) electrons.